The third-order valence-electron chi connectivity index (χ3n) is 1.62. The topological polar surface area (TPSA) is 105 Å². The molecule has 1 aromatic carbocycles. The van der Waals surface area contributed by atoms with Gasteiger partial charge in [0.2, 0.25) is 0 Å². The van der Waals surface area contributed by atoms with Gasteiger partial charge in [-0.2, -0.15) is 5.26 Å². The van der Waals surface area contributed by atoms with Gasteiger partial charge in [-0.15, -0.1) is 0 Å². The van der Waals surface area contributed by atoms with E-state index in [0.717, 1.165) is 0 Å². The van der Waals surface area contributed by atoms with Gasteiger partial charge in [-0.3, -0.25) is 10.1 Å². The van der Waals surface area contributed by atoms with Crippen LogP contribution >= 0.6 is 0 Å². The summed E-state index contributed by atoms with van der Waals surface area (Å²) in [5, 5.41) is 10.4. The summed E-state index contributed by atoms with van der Waals surface area (Å²) >= 11 is 0. The van der Waals surface area contributed by atoms with E-state index in [9.17, 15) is 9.59 Å². The lowest BCUT2D eigenvalue weighted by atomic mass is 10.2. The minimum Gasteiger partial charge on any atom is -0.484 e. The average molecular weight is 219 g/mol. The van der Waals surface area contributed by atoms with Crippen LogP contribution in [0.1, 0.15) is 5.56 Å². The highest BCUT2D eigenvalue weighted by molar-refractivity contribution is 5.94. The van der Waals surface area contributed by atoms with Crippen LogP contribution < -0.4 is 15.8 Å². The first-order valence-corrected chi connectivity index (χ1v) is 4.34. The van der Waals surface area contributed by atoms with E-state index in [4.69, 9.17) is 15.7 Å². The summed E-state index contributed by atoms with van der Waals surface area (Å²) in [7, 11) is 0. The van der Waals surface area contributed by atoms with Gasteiger partial charge < -0.3 is 10.5 Å². The van der Waals surface area contributed by atoms with Crippen molar-refractivity contribution in [3.8, 4) is 11.8 Å². The van der Waals surface area contributed by atoms with Crippen LogP contribution in [-0.2, 0) is 4.79 Å². The van der Waals surface area contributed by atoms with Crippen LogP contribution in [-0.4, -0.2) is 18.5 Å². The number of ether oxygens (including phenoxy) is 1. The molecule has 1 aromatic rings. The molecule has 0 aromatic heterocycles. The van der Waals surface area contributed by atoms with Crippen LogP contribution in [0.5, 0.6) is 5.75 Å². The van der Waals surface area contributed by atoms with Crippen molar-refractivity contribution in [3.63, 3.8) is 0 Å². The highest BCUT2D eigenvalue weighted by Gasteiger charge is 2.04. The molecule has 0 aliphatic carbocycles. The quantitative estimate of drug-likeness (QED) is 0.753. The normalized spacial score (nSPS) is 8.94. The van der Waals surface area contributed by atoms with Crippen molar-refractivity contribution < 1.29 is 14.3 Å². The van der Waals surface area contributed by atoms with E-state index in [0.29, 0.717) is 11.3 Å². The van der Waals surface area contributed by atoms with Gasteiger partial charge in [-0.1, -0.05) is 0 Å². The number of hydrogen-bond donors (Lipinski definition) is 2. The summed E-state index contributed by atoms with van der Waals surface area (Å²) in [6.07, 6.45) is 0. The zero-order valence-electron chi connectivity index (χ0n) is 8.27. The van der Waals surface area contributed by atoms with Gasteiger partial charge in [0, 0.05) is 0 Å². The summed E-state index contributed by atoms with van der Waals surface area (Å²) in [5.41, 5.74) is 5.23. The Bertz CT molecular complexity index is 434. The van der Waals surface area contributed by atoms with Gasteiger partial charge in [0.15, 0.2) is 6.61 Å². The molecule has 0 aliphatic rings. The third kappa shape index (κ3) is 3.67. The molecule has 0 aliphatic heterocycles. The molecule has 0 unspecified atom stereocenters. The van der Waals surface area contributed by atoms with Crippen LogP contribution in [0.15, 0.2) is 24.3 Å². The molecule has 0 atom stereocenters. The van der Waals surface area contributed by atoms with E-state index in [1.54, 1.807) is 24.3 Å². The molecular weight excluding hydrogens is 210 g/mol. The standard InChI is InChI=1S/C10H9N3O3/c11-5-7-1-3-8(4-2-7)16-6-9(14)13-10(12)15/h1-4H,6H2,(H3,12,13,14,15). The van der Waals surface area contributed by atoms with E-state index in [2.05, 4.69) is 0 Å². The second kappa shape index (κ2) is 5.36. The molecule has 16 heavy (non-hydrogen) atoms. The number of nitrogens with two attached hydrogens (primary N) is 1. The van der Waals surface area contributed by atoms with E-state index in [1.807, 2.05) is 11.4 Å². The summed E-state index contributed by atoms with van der Waals surface area (Å²) < 4.78 is 5.04. The molecule has 0 heterocycles. The lowest BCUT2D eigenvalue weighted by molar-refractivity contribution is -0.121. The van der Waals surface area contributed by atoms with Gasteiger partial charge in [0.25, 0.3) is 5.91 Å². The zero-order valence-corrected chi connectivity index (χ0v) is 8.27. The van der Waals surface area contributed by atoms with Gasteiger partial charge in [-0.05, 0) is 24.3 Å². The molecule has 0 radical (unpaired) electrons. The number of benzene rings is 1. The van der Waals surface area contributed by atoms with Gasteiger partial charge >= 0.3 is 6.03 Å². The van der Waals surface area contributed by atoms with E-state index in [1.165, 1.54) is 0 Å². The maximum Gasteiger partial charge on any atom is 0.318 e. The van der Waals surface area contributed by atoms with E-state index < -0.39 is 11.9 Å². The number of nitrogens with one attached hydrogen (secondary N) is 1. The number of amides is 3. The number of nitrogens with zero attached hydrogens (tertiary/aromatic N) is 1. The number of carbonyl (C=O) groups excluding carboxylic acids is 2. The van der Waals surface area contributed by atoms with Crippen molar-refractivity contribution in [3.05, 3.63) is 29.8 Å². The number of imide groups is 1. The number of urea groups is 1. The molecule has 0 saturated carbocycles. The third-order valence-corrected chi connectivity index (χ3v) is 1.62. The van der Waals surface area contributed by atoms with Gasteiger partial charge in [-0.25, -0.2) is 4.79 Å². The first-order valence-electron chi connectivity index (χ1n) is 4.34. The van der Waals surface area contributed by atoms with Crippen molar-refractivity contribution in [1.29, 1.82) is 5.26 Å². The van der Waals surface area contributed by atoms with Crippen LogP contribution in [0.4, 0.5) is 4.79 Å². The number of hydrogen-bond acceptors (Lipinski definition) is 4. The van der Waals surface area contributed by atoms with E-state index in [-0.39, 0.29) is 6.61 Å². The Labute approximate surface area is 91.6 Å². The lowest BCUT2D eigenvalue weighted by Gasteiger charge is -2.04. The first-order chi connectivity index (χ1) is 7.61. The molecule has 0 spiro atoms. The van der Waals surface area contributed by atoms with Gasteiger partial charge in [0.05, 0.1) is 11.6 Å². The summed E-state index contributed by atoms with van der Waals surface area (Å²) in [4.78, 5) is 21.3. The molecule has 3 amide bonds. The Morgan fingerprint density at radius 2 is 2.00 bits per heavy atom. The molecule has 0 bridgehead atoms. The van der Waals surface area contributed by atoms with Crippen LogP contribution in [0, 0.1) is 11.3 Å². The second-order valence-corrected chi connectivity index (χ2v) is 2.84. The molecule has 1 rings (SSSR count). The first kappa shape index (κ1) is 11.5. The summed E-state index contributed by atoms with van der Waals surface area (Å²) in [6, 6.07) is 7.24. The molecule has 0 saturated heterocycles. The second-order valence-electron chi connectivity index (χ2n) is 2.84. The Kier molecular flexibility index (Phi) is 3.86. The highest BCUT2D eigenvalue weighted by Crippen LogP contribution is 2.10. The van der Waals surface area contributed by atoms with E-state index >= 15 is 0 Å². The Morgan fingerprint density at radius 3 is 2.50 bits per heavy atom. The monoisotopic (exact) mass is 219 g/mol. The number of primary amides is 1. The van der Waals surface area contributed by atoms with Gasteiger partial charge in [0.1, 0.15) is 5.75 Å². The Balaban J connectivity index is 2.46. The number of nitriles is 1. The minimum absolute atomic E-state index is 0.311. The molecule has 6 nitrogen and oxygen atoms in total. The fraction of sp³-hybridized carbons (Fsp3) is 0.100. The lowest BCUT2D eigenvalue weighted by Crippen LogP contribution is -2.38. The van der Waals surface area contributed by atoms with Crippen molar-refractivity contribution in [2.24, 2.45) is 5.73 Å². The molecule has 6 heteroatoms. The van der Waals surface area contributed by atoms with Crippen molar-refractivity contribution in [2.45, 2.75) is 0 Å². The van der Waals surface area contributed by atoms with Crippen molar-refractivity contribution >= 4 is 11.9 Å². The van der Waals surface area contributed by atoms with Crippen LogP contribution in [0.2, 0.25) is 0 Å². The number of carbonyl (C=O) groups is 2. The fourth-order valence-electron chi connectivity index (χ4n) is 0.948. The molecule has 0 fully saturated rings. The molecule has 82 valence electrons. The number of rotatable bonds is 3. The maximum absolute atomic E-state index is 11.0. The Hall–Kier alpha value is -2.55. The Morgan fingerprint density at radius 1 is 1.38 bits per heavy atom. The van der Waals surface area contributed by atoms with Crippen molar-refractivity contribution in [1.82, 2.24) is 5.32 Å². The maximum atomic E-state index is 11.0. The minimum atomic E-state index is -0.923. The smallest absolute Gasteiger partial charge is 0.318 e. The molecule has 3 N–H and O–H groups in total. The predicted octanol–water partition coefficient (Wildman–Crippen LogP) is 0.132. The SMILES string of the molecule is N#Cc1ccc(OCC(=O)NC(N)=O)cc1. The summed E-state index contributed by atoms with van der Waals surface area (Å²) in [5.74, 6) is -0.199. The molecular formula is C10H9N3O3. The fourth-order valence-corrected chi connectivity index (χ4v) is 0.948. The largest absolute Gasteiger partial charge is 0.484 e. The highest BCUT2D eigenvalue weighted by atomic mass is 16.5. The van der Waals surface area contributed by atoms with Crippen LogP contribution in [0.3, 0.4) is 0 Å². The predicted molar refractivity (Wildman–Crippen MR) is 54.4 cm³/mol. The zero-order chi connectivity index (χ0) is 12.0. The van der Waals surface area contributed by atoms with Crippen molar-refractivity contribution in [2.75, 3.05) is 6.61 Å². The summed E-state index contributed by atoms with van der Waals surface area (Å²) in [6.45, 7) is -0.311. The van der Waals surface area contributed by atoms with Crippen LogP contribution in [0.25, 0.3) is 0 Å². The average Bonchev–Trinajstić information content (AvgIpc) is 2.26.